The molecule has 1 saturated heterocycles. The maximum absolute atomic E-state index is 11.7. The van der Waals surface area contributed by atoms with Crippen molar-refractivity contribution < 1.29 is 13.5 Å². The first kappa shape index (κ1) is 15.7. The first-order chi connectivity index (χ1) is 11.5. The zero-order chi connectivity index (χ0) is 16.7. The second-order valence-electron chi connectivity index (χ2n) is 6.73. The lowest BCUT2D eigenvalue weighted by molar-refractivity contribution is 0.155. The van der Waals surface area contributed by atoms with Gasteiger partial charge in [-0.1, -0.05) is 12.1 Å². The Kier molecular flexibility index (Phi) is 3.85. The molecule has 6 nitrogen and oxygen atoms in total. The Balaban J connectivity index is 1.62. The van der Waals surface area contributed by atoms with Crippen LogP contribution in [-0.4, -0.2) is 52.5 Å². The monoisotopic (exact) mass is 347 g/mol. The molecule has 1 fully saturated rings. The molecule has 128 valence electrons. The van der Waals surface area contributed by atoms with E-state index < -0.39 is 9.84 Å². The molecule has 24 heavy (non-hydrogen) atoms. The minimum absolute atomic E-state index is 0.0885. The van der Waals surface area contributed by atoms with E-state index in [9.17, 15) is 13.5 Å². The summed E-state index contributed by atoms with van der Waals surface area (Å²) in [4.78, 5) is 10.1. The molecule has 0 amide bonds. The topological polar surface area (TPSA) is 86.3 Å². The summed E-state index contributed by atoms with van der Waals surface area (Å²) in [6.45, 7) is 1.57. The number of nitrogens with one attached hydrogen (secondary N) is 1. The highest BCUT2D eigenvalue weighted by molar-refractivity contribution is 7.91. The van der Waals surface area contributed by atoms with Gasteiger partial charge in [0.2, 0.25) is 0 Å². The number of hydrogen-bond donors (Lipinski definition) is 2. The van der Waals surface area contributed by atoms with Gasteiger partial charge in [-0.05, 0) is 30.5 Å². The van der Waals surface area contributed by atoms with Crippen molar-refractivity contribution in [2.75, 3.05) is 18.1 Å². The van der Waals surface area contributed by atoms with E-state index in [1.165, 1.54) is 0 Å². The molecule has 2 aliphatic heterocycles. The number of imidazole rings is 1. The smallest absolute Gasteiger partial charge is 0.150 e. The number of nitrogens with zero attached hydrogens (tertiary/aromatic N) is 2. The fourth-order valence-electron chi connectivity index (χ4n) is 3.87. The normalized spacial score (nSPS) is 24.6. The highest BCUT2D eigenvalue weighted by atomic mass is 32.2. The molecule has 0 bridgehead atoms. The molecule has 0 aliphatic carbocycles. The number of benzene rings is 1. The third-order valence-corrected chi connectivity index (χ3v) is 6.89. The number of fused-ring (bicyclic) bond motifs is 1. The average Bonchev–Trinajstić information content (AvgIpc) is 3.02. The van der Waals surface area contributed by atoms with E-state index in [-0.39, 0.29) is 29.2 Å². The van der Waals surface area contributed by atoms with Gasteiger partial charge in [-0.25, -0.2) is 13.4 Å². The summed E-state index contributed by atoms with van der Waals surface area (Å²) in [5, 5.41) is 9.81. The van der Waals surface area contributed by atoms with Crippen molar-refractivity contribution in [3.8, 4) is 5.75 Å². The third kappa shape index (κ3) is 2.93. The van der Waals surface area contributed by atoms with Gasteiger partial charge in [0.05, 0.1) is 29.2 Å². The number of hydrogen-bond acceptors (Lipinski definition) is 5. The van der Waals surface area contributed by atoms with E-state index in [1.54, 1.807) is 18.5 Å². The molecule has 2 aromatic rings. The first-order valence-electron chi connectivity index (χ1n) is 8.27. The van der Waals surface area contributed by atoms with Crippen LogP contribution < -0.4 is 0 Å². The fraction of sp³-hybridized carbons (Fsp3) is 0.471. The molecule has 0 saturated carbocycles. The number of H-pyrrole nitrogens is 1. The molecule has 1 aromatic heterocycles. The van der Waals surface area contributed by atoms with E-state index in [0.717, 1.165) is 30.0 Å². The summed E-state index contributed by atoms with van der Waals surface area (Å²) in [6.07, 6.45) is 3.10. The minimum Gasteiger partial charge on any atom is -0.508 e. The second kappa shape index (κ2) is 5.89. The Hall–Kier alpha value is -1.86. The second-order valence-corrected chi connectivity index (χ2v) is 9.03. The van der Waals surface area contributed by atoms with E-state index >= 15 is 0 Å². The Morgan fingerprint density at radius 3 is 2.79 bits per heavy atom. The maximum Gasteiger partial charge on any atom is 0.150 e. The lowest BCUT2D eigenvalue weighted by Gasteiger charge is -2.39. The summed E-state index contributed by atoms with van der Waals surface area (Å²) in [7, 11) is -2.86. The number of aromatic nitrogens is 2. The van der Waals surface area contributed by atoms with Crippen molar-refractivity contribution in [3.63, 3.8) is 0 Å². The predicted octanol–water partition coefficient (Wildman–Crippen LogP) is 1.64. The fourth-order valence-corrected chi connectivity index (χ4v) is 5.34. The van der Waals surface area contributed by atoms with Crippen LogP contribution in [0.4, 0.5) is 0 Å². The van der Waals surface area contributed by atoms with Crippen molar-refractivity contribution in [2.24, 2.45) is 0 Å². The van der Waals surface area contributed by atoms with Crippen LogP contribution in [0, 0.1) is 0 Å². The molecule has 4 rings (SSSR count). The van der Waals surface area contributed by atoms with Gasteiger partial charge in [0, 0.05) is 25.0 Å². The molecule has 2 aliphatic rings. The van der Waals surface area contributed by atoms with Crippen LogP contribution in [0.1, 0.15) is 35.7 Å². The van der Waals surface area contributed by atoms with Crippen molar-refractivity contribution in [1.82, 2.24) is 14.9 Å². The maximum atomic E-state index is 11.7. The molecule has 1 unspecified atom stereocenters. The summed E-state index contributed by atoms with van der Waals surface area (Å²) in [5.41, 5.74) is 3.15. The van der Waals surface area contributed by atoms with Crippen LogP contribution in [0.15, 0.2) is 30.6 Å². The number of aromatic hydroxyl groups is 1. The average molecular weight is 347 g/mol. The van der Waals surface area contributed by atoms with Crippen LogP contribution in [0.2, 0.25) is 0 Å². The quantitative estimate of drug-likeness (QED) is 0.862. The van der Waals surface area contributed by atoms with Gasteiger partial charge in [-0.2, -0.15) is 0 Å². The molecule has 1 atom stereocenters. The van der Waals surface area contributed by atoms with Crippen molar-refractivity contribution >= 4 is 9.84 Å². The largest absolute Gasteiger partial charge is 0.508 e. The van der Waals surface area contributed by atoms with Crippen molar-refractivity contribution in [2.45, 2.75) is 31.3 Å². The summed E-state index contributed by atoms with van der Waals surface area (Å²) >= 11 is 0. The standard InChI is InChI=1S/C17H21N3O3S/c21-14-3-1-2-12(8-14)15-9-20(10-16-17(15)19-11-18-16)13-4-6-24(22,23)7-5-13/h1-3,8,11,13,15,21H,4-7,9-10H2,(H,18,19). The van der Waals surface area contributed by atoms with Gasteiger partial charge in [0.15, 0.2) is 0 Å². The van der Waals surface area contributed by atoms with E-state index in [1.807, 2.05) is 12.1 Å². The third-order valence-electron chi connectivity index (χ3n) is 5.17. The zero-order valence-corrected chi connectivity index (χ0v) is 14.2. The number of rotatable bonds is 2. The molecule has 2 N–H and O–H groups in total. The van der Waals surface area contributed by atoms with E-state index in [0.29, 0.717) is 12.8 Å². The molecule has 7 heteroatoms. The van der Waals surface area contributed by atoms with Crippen LogP contribution in [-0.2, 0) is 16.4 Å². The van der Waals surface area contributed by atoms with Crippen LogP contribution >= 0.6 is 0 Å². The van der Waals surface area contributed by atoms with E-state index in [2.05, 4.69) is 14.9 Å². The number of aromatic amines is 1. The summed E-state index contributed by atoms with van der Waals surface area (Å²) in [5.74, 6) is 0.901. The van der Waals surface area contributed by atoms with Gasteiger partial charge < -0.3 is 10.1 Å². The highest BCUT2D eigenvalue weighted by Gasteiger charge is 2.35. The molecular formula is C17H21N3O3S. The Labute approximate surface area is 141 Å². The lowest BCUT2D eigenvalue weighted by atomic mass is 9.89. The Morgan fingerprint density at radius 2 is 2.04 bits per heavy atom. The van der Waals surface area contributed by atoms with Gasteiger partial charge in [0.25, 0.3) is 0 Å². The Morgan fingerprint density at radius 1 is 1.25 bits per heavy atom. The first-order valence-corrected chi connectivity index (χ1v) is 10.1. The molecule has 3 heterocycles. The van der Waals surface area contributed by atoms with Gasteiger partial charge in [-0.3, -0.25) is 4.90 Å². The lowest BCUT2D eigenvalue weighted by Crippen LogP contribution is -2.45. The summed E-state index contributed by atoms with van der Waals surface area (Å²) < 4.78 is 23.4. The number of phenolic OH excluding ortho intramolecular Hbond substituents is 1. The van der Waals surface area contributed by atoms with Crippen LogP contribution in [0.25, 0.3) is 0 Å². The molecule has 1 aromatic carbocycles. The van der Waals surface area contributed by atoms with Crippen molar-refractivity contribution in [1.29, 1.82) is 0 Å². The van der Waals surface area contributed by atoms with Gasteiger partial charge in [0.1, 0.15) is 15.6 Å². The number of sulfone groups is 1. The minimum atomic E-state index is -2.86. The predicted molar refractivity (Wildman–Crippen MR) is 90.6 cm³/mol. The van der Waals surface area contributed by atoms with Gasteiger partial charge in [-0.15, -0.1) is 0 Å². The highest BCUT2D eigenvalue weighted by Crippen LogP contribution is 2.35. The molecular weight excluding hydrogens is 326 g/mol. The van der Waals surface area contributed by atoms with Crippen LogP contribution in [0.3, 0.4) is 0 Å². The van der Waals surface area contributed by atoms with Crippen LogP contribution in [0.5, 0.6) is 5.75 Å². The van der Waals surface area contributed by atoms with Crippen molar-refractivity contribution in [3.05, 3.63) is 47.5 Å². The zero-order valence-electron chi connectivity index (χ0n) is 13.4. The molecule has 0 spiro atoms. The summed E-state index contributed by atoms with van der Waals surface area (Å²) in [6, 6.07) is 7.60. The SMILES string of the molecule is O=S1(=O)CCC(N2Cc3[nH]cnc3C(c3cccc(O)c3)C2)CC1. The number of phenols is 1. The van der Waals surface area contributed by atoms with E-state index in [4.69, 9.17) is 0 Å². The van der Waals surface area contributed by atoms with Gasteiger partial charge >= 0.3 is 0 Å². The molecule has 0 radical (unpaired) electrons. The Bertz CT molecular complexity index is 832.